The van der Waals surface area contributed by atoms with Crippen molar-refractivity contribution in [2.24, 2.45) is 0 Å². The van der Waals surface area contributed by atoms with Crippen LogP contribution in [0.5, 0.6) is 11.5 Å². The van der Waals surface area contributed by atoms with E-state index in [9.17, 15) is 4.79 Å². The maximum Gasteiger partial charge on any atom is 0.293 e. The van der Waals surface area contributed by atoms with Crippen LogP contribution in [0, 0.1) is 6.92 Å². The predicted octanol–water partition coefficient (Wildman–Crippen LogP) is 2.25. The maximum absolute atomic E-state index is 12.0. The van der Waals surface area contributed by atoms with Gasteiger partial charge in [0.15, 0.2) is 6.39 Å². The molecule has 0 atom stereocenters. The van der Waals surface area contributed by atoms with E-state index < -0.39 is 0 Å². The van der Waals surface area contributed by atoms with Gasteiger partial charge in [-0.3, -0.25) is 4.79 Å². The van der Waals surface area contributed by atoms with Crippen molar-refractivity contribution in [3.8, 4) is 11.5 Å². The van der Waals surface area contributed by atoms with Crippen molar-refractivity contribution in [1.29, 1.82) is 0 Å². The minimum Gasteiger partial charge on any atom is -0.497 e. The highest BCUT2D eigenvalue weighted by molar-refractivity contribution is 6.03. The highest BCUT2D eigenvalue weighted by atomic mass is 16.5. The number of nitrogens with zero attached hydrogens (tertiary/aromatic N) is 1. The smallest absolute Gasteiger partial charge is 0.293 e. The molecule has 0 aliphatic heterocycles. The number of oxazole rings is 1. The first-order chi connectivity index (χ1) is 9.15. The quantitative estimate of drug-likeness (QED) is 0.914. The van der Waals surface area contributed by atoms with E-state index in [0.29, 0.717) is 22.9 Å². The monoisotopic (exact) mass is 262 g/mol. The average molecular weight is 262 g/mol. The third-order valence-corrected chi connectivity index (χ3v) is 2.61. The molecule has 0 aliphatic rings. The number of anilines is 1. The number of rotatable bonds is 4. The first-order valence-corrected chi connectivity index (χ1v) is 5.59. The Hall–Kier alpha value is -2.50. The van der Waals surface area contributed by atoms with Crippen molar-refractivity contribution in [2.45, 2.75) is 6.92 Å². The molecule has 1 heterocycles. The lowest BCUT2D eigenvalue weighted by Crippen LogP contribution is -2.13. The number of amides is 1. The number of hydrogen-bond acceptors (Lipinski definition) is 5. The molecule has 100 valence electrons. The van der Waals surface area contributed by atoms with E-state index in [2.05, 4.69) is 10.3 Å². The molecular formula is C13H14N2O4. The minimum atomic E-state index is -0.376. The van der Waals surface area contributed by atoms with Gasteiger partial charge in [-0.05, 0) is 19.1 Å². The second-order valence-electron chi connectivity index (χ2n) is 3.79. The molecule has 0 fully saturated rings. The Morgan fingerprint density at radius 2 is 2.11 bits per heavy atom. The number of aryl methyl sites for hydroxylation is 1. The van der Waals surface area contributed by atoms with Crippen molar-refractivity contribution in [1.82, 2.24) is 4.98 Å². The molecule has 0 aliphatic carbocycles. The Kier molecular flexibility index (Phi) is 3.70. The zero-order valence-corrected chi connectivity index (χ0v) is 10.9. The van der Waals surface area contributed by atoms with Crippen molar-refractivity contribution in [3.63, 3.8) is 0 Å². The van der Waals surface area contributed by atoms with Gasteiger partial charge in [-0.25, -0.2) is 4.98 Å². The number of methoxy groups -OCH3 is 2. The first kappa shape index (κ1) is 12.9. The Bertz CT molecular complexity index is 592. The third kappa shape index (κ3) is 2.67. The number of carbonyl (C=O) groups excluding carboxylic acids is 1. The summed E-state index contributed by atoms with van der Waals surface area (Å²) in [4.78, 5) is 15.9. The van der Waals surface area contributed by atoms with Crippen LogP contribution in [-0.4, -0.2) is 25.1 Å². The van der Waals surface area contributed by atoms with E-state index >= 15 is 0 Å². The van der Waals surface area contributed by atoms with Gasteiger partial charge >= 0.3 is 0 Å². The molecule has 2 aromatic rings. The summed E-state index contributed by atoms with van der Waals surface area (Å²) in [6, 6.07) is 5.11. The summed E-state index contributed by atoms with van der Waals surface area (Å²) in [5.41, 5.74) is 1.06. The molecule has 0 saturated carbocycles. The Morgan fingerprint density at radius 1 is 1.32 bits per heavy atom. The maximum atomic E-state index is 12.0. The molecule has 1 N–H and O–H groups in total. The van der Waals surface area contributed by atoms with Crippen LogP contribution >= 0.6 is 0 Å². The SMILES string of the molecule is COc1ccc(NC(=O)c2ocnc2C)c(OC)c1. The first-order valence-electron chi connectivity index (χ1n) is 5.59. The molecule has 1 amide bonds. The normalized spacial score (nSPS) is 10.1. The van der Waals surface area contributed by atoms with Crippen LogP contribution in [0.15, 0.2) is 29.0 Å². The van der Waals surface area contributed by atoms with Gasteiger partial charge in [-0.15, -0.1) is 0 Å². The van der Waals surface area contributed by atoms with Crippen LogP contribution in [0.4, 0.5) is 5.69 Å². The molecule has 1 aromatic heterocycles. The van der Waals surface area contributed by atoms with Gasteiger partial charge in [0.05, 0.1) is 25.6 Å². The number of ether oxygens (including phenoxy) is 2. The topological polar surface area (TPSA) is 73.6 Å². The van der Waals surface area contributed by atoms with Crippen molar-refractivity contribution < 1.29 is 18.7 Å². The fourth-order valence-electron chi connectivity index (χ4n) is 1.60. The molecule has 0 radical (unpaired) electrons. The summed E-state index contributed by atoms with van der Waals surface area (Å²) in [6.45, 7) is 1.70. The Morgan fingerprint density at radius 3 is 2.68 bits per heavy atom. The number of carbonyl (C=O) groups is 1. The molecule has 1 aromatic carbocycles. The van der Waals surface area contributed by atoms with Crippen molar-refractivity contribution >= 4 is 11.6 Å². The van der Waals surface area contributed by atoms with Crippen LogP contribution in [-0.2, 0) is 0 Å². The van der Waals surface area contributed by atoms with Gasteiger partial charge in [0, 0.05) is 6.07 Å². The Balaban J connectivity index is 2.24. The van der Waals surface area contributed by atoms with Crippen molar-refractivity contribution in [3.05, 3.63) is 36.0 Å². The van der Waals surface area contributed by atoms with Crippen molar-refractivity contribution in [2.75, 3.05) is 19.5 Å². The fourth-order valence-corrected chi connectivity index (χ4v) is 1.60. The lowest BCUT2D eigenvalue weighted by molar-refractivity contribution is 0.0995. The van der Waals surface area contributed by atoms with E-state index in [-0.39, 0.29) is 11.7 Å². The van der Waals surface area contributed by atoms with Crippen LogP contribution in [0.25, 0.3) is 0 Å². The van der Waals surface area contributed by atoms with E-state index in [0.717, 1.165) is 0 Å². The van der Waals surface area contributed by atoms with Gasteiger partial charge in [-0.2, -0.15) is 0 Å². The van der Waals surface area contributed by atoms with Gasteiger partial charge < -0.3 is 19.2 Å². The van der Waals surface area contributed by atoms with Gasteiger partial charge in [0.1, 0.15) is 11.5 Å². The summed E-state index contributed by atoms with van der Waals surface area (Å²) >= 11 is 0. The van der Waals surface area contributed by atoms with Gasteiger partial charge in [0.2, 0.25) is 5.76 Å². The minimum absolute atomic E-state index is 0.179. The fraction of sp³-hybridized carbons (Fsp3) is 0.231. The van der Waals surface area contributed by atoms with Gasteiger partial charge in [0.25, 0.3) is 5.91 Å². The van der Waals surface area contributed by atoms with E-state index in [1.165, 1.54) is 13.5 Å². The number of benzene rings is 1. The standard InChI is InChI=1S/C13H14N2O4/c1-8-12(19-7-14-8)13(16)15-10-5-4-9(17-2)6-11(10)18-3/h4-7H,1-3H3,(H,15,16). The molecule has 0 unspecified atom stereocenters. The zero-order chi connectivity index (χ0) is 13.8. The van der Waals surface area contributed by atoms with E-state index in [4.69, 9.17) is 13.9 Å². The molecule has 0 spiro atoms. The summed E-state index contributed by atoms with van der Waals surface area (Å²) in [6.07, 6.45) is 1.23. The Labute approximate surface area is 110 Å². The van der Waals surface area contributed by atoms with Crippen LogP contribution in [0.2, 0.25) is 0 Å². The summed E-state index contributed by atoms with van der Waals surface area (Å²) in [7, 11) is 3.08. The lowest BCUT2D eigenvalue weighted by Gasteiger charge is -2.10. The number of hydrogen-bond donors (Lipinski definition) is 1. The second kappa shape index (κ2) is 5.43. The second-order valence-corrected chi connectivity index (χ2v) is 3.79. The van der Waals surface area contributed by atoms with Gasteiger partial charge in [-0.1, -0.05) is 0 Å². The predicted molar refractivity (Wildman–Crippen MR) is 68.7 cm³/mol. The molecule has 6 heteroatoms. The van der Waals surface area contributed by atoms with Crippen LogP contribution in [0.1, 0.15) is 16.2 Å². The largest absolute Gasteiger partial charge is 0.497 e. The molecule has 0 bridgehead atoms. The summed E-state index contributed by atoms with van der Waals surface area (Å²) in [5.74, 6) is 0.951. The van der Waals surface area contributed by atoms with Crippen LogP contribution < -0.4 is 14.8 Å². The molecular weight excluding hydrogens is 248 g/mol. The summed E-state index contributed by atoms with van der Waals surface area (Å²) < 4.78 is 15.3. The molecule has 2 rings (SSSR count). The van der Waals surface area contributed by atoms with Crippen LogP contribution in [0.3, 0.4) is 0 Å². The highest BCUT2D eigenvalue weighted by Gasteiger charge is 2.16. The number of nitrogens with one attached hydrogen (secondary N) is 1. The van der Waals surface area contributed by atoms with E-state index in [1.54, 1.807) is 32.2 Å². The molecule has 19 heavy (non-hydrogen) atoms. The average Bonchev–Trinajstić information content (AvgIpc) is 2.85. The molecule has 6 nitrogen and oxygen atoms in total. The van der Waals surface area contributed by atoms with E-state index in [1.807, 2.05) is 0 Å². The zero-order valence-electron chi connectivity index (χ0n) is 10.9. The lowest BCUT2D eigenvalue weighted by atomic mass is 10.2. The number of aromatic nitrogens is 1. The highest BCUT2D eigenvalue weighted by Crippen LogP contribution is 2.29. The summed E-state index contributed by atoms with van der Waals surface area (Å²) in [5, 5.41) is 2.70. The molecule has 0 saturated heterocycles. The third-order valence-electron chi connectivity index (χ3n) is 2.61.